The predicted octanol–water partition coefficient (Wildman–Crippen LogP) is 4.68. The average molecular weight is 386 g/mol. The van der Waals surface area contributed by atoms with Crippen LogP contribution >= 0.6 is 11.6 Å². The summed E-state index contributed by atoms with van der Waals surface area (Å²) in [6.07, 6.45) is -0.434. The zero-order valence-corrected chi connectivity index (χ0v) is 16.1. The molecular formula is C20H20ClN3O3. The predicted molar refractivity (Wildman–Crippen MR) is 108 cm³/mol. The summed E-state index contributed by atoms with van der Waals surface area (Å²) in [5.41, 5.74) is 2.54. The molecule has 7 heteroatoms. The van der Waals surface area contributed by atoms with E-state index in [9.17, 15) is 9.59 Å². The van der Waals surface area contributed by atoms with Crippen LogP contribution in [0.25, 0.3) is 10.9 Å². The number of hydrogen-bond donors (Lipinski definition) is 1. The second kappa shape index (κ2) is 7.72. The van der Waals surface area contributed by atoms with E-state index in [1.165, 1.54) is 4.90 Å². The van der Waals surface area contributed by atoms with E-state index in [0.717, 1.165) is 10.9 Å². The molecule has 0 fully saturated rings. The van der Waals surface area contributed by atoms with Crippen molar-refractivity contribution in [3.63, 3.8) is 0 Å². The van der Waals surface area contributed by atoms with Gasteiger partial charge < -0.3 is 14.6 Å². The van der Waals surface area contributed by atoms with Crippen molar-refractivity contribution < 1.29 is 14.3 Å². The second-order valence-corrected chi connectivity index (χ2v) is 6.38. The zero-order chi connectivity index (χ0) is 19.6. The molecule has 0 unspecified atom stereocenters. The van der Waals surface area contributed by atoms with Gasteiger partial charge in [-0.3, -0.25) is 9.69 Å². The van der Waals surface area contributed by atoms with Crippen molar-refractivity contribution in [1.29, 1.82) is 0 Å². The van der Waals surface area contributed by atoms with Gasteiger partial charge in [0.05, 0.1) is 11.6 Å². The molecule has 1 heterocycles. The molecule has 0 bridgehead atoms. The molecule has 0 radical (unpaired) electrons. The number of anilines is 2. The van der Waals surface area contributed by atoms with Crippen molar-refractivity contribution in [2.24, 2.45) is 7.05 Å². The second-order valence-electron chi connectivity index (χ2n) is 6.00. The minimum absolute atomic E-state index is 0.301. The summed E-state index contributed by atoms with van der Waals surface area (Å²) >= 11 is 6.42. The number of benzene rings is 2. The van der Waals surface area contributed by atoms with E-state index in [0.29, 0.717) is 28.7 Å². The van der Waals surface area contributed by atoms with Crippen molar-refractivity contribution in [2.45, 2.75) is 6.92 Å². The normalized spacial score (nSPS) is 10.7. The Labute approximate surface area is 162 Å². The van der Waals surface area contributed by atoms with Crippen LogP contribution in [0.1, 0.15) is 17.4 Å². The van der Waals surface area contributed by atoms with Crippen LogP contribution in [0.2, 0.25) is 5.02 Å². The number of fused-ring (bicyclic) bond motifs is 1. The molecule has 0 aliphatic carbocycles. The Bertz CT molecular complexity index is 957. The fourth-order valence-corrected chi connectivity index (χ4v) is 3.26. The first-order valence-electron chi connectivity index (χ1n) is 8.48. The summed E-state index contributed by atoms with van der Waals surface area (Å²) in [4.78, 5) is 25.9. The number of aryl methyl sites for hydroxylation is 1. The van der Waals surface area contributed by atoms with Crippen LogP contribution in [-0.4, -0.2) is 30.2 Å². The van der Waals surface area contributed by atoms with Gasteiger partial charge in [0.15, 0.2) is 0 Å². The highest BCUT2D eigenvalue weighted by Gasteiger charge is 2.20. The van der Waals surface area contributed by atoms with Gasteiger partial charge in [0.25, 0.3) is 5.91 Å². The first-order valence-corrected chi connectivity index (χ1v) is 8.86. The van der Waals surface area contributed by atoms with Gasteiger partial charge in [-0.2, -0.15) is 0 Å². The number of halogens is 1. The summed E-state index contributed by atoms with van der Waals surface area (Å²) in [6.45, 7) is 2.06. The molecule has 0 saturated heterocycles. The third kappa shape index (κ3) is 3.61. The third-order valence-electron chi connectivity index (χ3n) is 4.31. The summed E-state index contributed by atoms with van der Waals surface area (Å²) in [7, 11) is 3.43. The zero-order valence-electron chi connectivity index (χ0n) is 15.3. The first-order chi connectivity index (χ1) is 12.9. The van der Waals surface area contributed by atoms with Gasteiger partial charge in [0.2, 0.25) is 0 Å². The molecule has 0 saturated carbocycles. The maximum atomic E-state index is 12.7. The highest BCUT2D eigenvalue weighted by Crippen LogP contribution is 2.30. The van der Waals surface area contributed by atoms with E-state index in [4.69, 9.17) is 16.3 Å². The van der Waals surface area contributed by atoms with Gasteiger partial charge in [0, 0.05) is 36.4 Å². The van der Waals surface area contributed by atoms with Crippen molar-refractivity contribution in [1.82, 2.24) is 4.57 Å². The average Bonchev–Trinajstić information content (AvgIpc) is 2.93. The van der Waals surface area contributed by atoms with E-state index < -0.39 is 6.09 Å². The Kier molecular flexibility index (Phi) is 5.37. The fraction of sp³-hybridized carbons (Fsp3) is 0.200. The van der Waals surface area contributed by atoms with Crippen LogP contribution < -0.4 is 10.2 Å². The molecule has 1 aromatic heterocycles. The molecule has 0 spiro atoms. The number of nitrogens with zero attached hydrogens (tertiary/aromatic N) is 2. The largest absolute Gasteiger partial charge is 0.449 e. The number of carbonyl (C=O) groups excluding carboxylic acids is 2. The lowest BCUT2D eigenvalue weighted by atomic mass is 10.2. The quantitative estimate of drug-likeness (QED) is 0.709. The lowest BCUT2D eigenvalue weighted by molar-refractivity contribution is 0.102. The number of ether oxygens (including phenoxy) is 1. The van der Waals surface area contributed by atoms with Gasteiger partial charge in [-0.05, 0) is 37.3 Å². The monoisotopic (exact) mass is 385 g/mol. The fourth-order valence-electron chi connectivity index (χ4n) is 2.88. The number of aromatic nitrogens is 1. The highest BCUT2D eigenvalue weighted by atomic mass is 35.5. The van der Waals surface area contributed by atoms with Crippen molar-refractivity contribution >= 4 is 45.9 Å². The third-order valence-corrected chi connectivity index (χ3v) is 4.70. The maximum Gasteiger partial charge on any atom is 0.413 e. The number of nitrogens with one attached hydrogen (secondary N) is 1. The van der Waals surface area contributed by atoms with Crippen LogP contribution in [0.5, 0.6) is 0 Å². The van der Waals surface area contributed by atoms with Crippen LogP contribution in [0.15, 0.2) is 48.5 Å². The smallest absolute Gasteiger partial charge is 0.413 e. The maximum absolute atomic E-state index is 12.7. The molecule has 2 aromatic carbocycles. The van der Waals surface area contributed by atoms with Crippen LogP contribution in [-0.2, 0) is 11.8 Å². The van der Waals surface area contributed by atoms with Gasteiger partial charge in [-0.1, -0.05) is 29.8 Å². The molecule has 0 aliphatic rings. The number of hydrogen-bond acceptors (Lipinski definition) is 3. The Balaban J connectivity index is 1.80. The van der Waals surface area contributed by atoms with Crippen molar-refractivity contribution in [3.8, 4) is 0 Å². The molecule has 0 aliphatic heterocycles. The van der Waals surface area contributed by atoms with Crippen molar-refractivity contribution in [2.75, 3.05) is 23.9 Å². The molecule has 27 heavy (non-hydrogen) atoms. The SMILES string of the molecule is CCOC(=O)N(C)c1ccc(NC(=O)c2c(Cl)c3ccccc3n2C)cc1. The standard InChI is InChI=1S/C20H20ClN3O3/c1-4-27-20(26)23(2)14-11-9-13(10-12-14)22-19(25)18-17(21)15-7-5-6-8-16(15)24(18)3/h5-12H,4H2,1-3H3,(H,22,25). The number of rotatable bonds is 4. The van der Waals surface area contributed by atoms with E-state index in [1.807, 2.05) is 24.3 Å². The van der Waals surface area contributed by atoms with Crippen molar-refractivity contribution in [3.05, 3.63) is 59.2 Å². The first kappa shape index (κ1) is 18.8. The Morgan fingerprint density at radius 3 is 2.44 bits per heavy atom. The molecule has 0 atom stereocenters. The van der Waals surface area contributed by atoms with Crippen LogP contribution in [0.3, 0.4) is 0 Å². The van der Waals surface area contributed by atoms with Crippen LogP contribution in [0, 0.1) is 0 Å². The minimum atomic E-state index is -0.434. The van der Waals surface area contributed by atoms with Gasteiger partial charge in [0.1, 0.15) is 5.69 Å². The lowest BCUT2D eigenvalue weighted by Gasteiger charge is -2.17. The van der Waals surface area contributed by atoms with Crippen LogP contribution in [0.4, 0.5) is 16.2 Å². The molecule has 3 rings (SSSR count). The molecule has 140 valence electrons. The van der Waals surface area contributed by atoms with E-state index >= 15 is 0 Å². The Morgan fingerprint density at radius 1 is 1.15 bits per heavy atom. The van der Waals surface area contributed by atoms with E-state index in [1.54, 1.807) is 49.9 Å². The van der Waals surface area contributed by atoms with Gasteiger partial charge >= 0.3 is 6.09 Å². The molecule has 2 amide bonds. The molecular weight excluding hydrogens is 366 g/mol. The summed E-state index contributed by atoms with van der Waals surface area (Å²) in [5.74, 6) is -0.301. The minimum Gasteiger partial charge on any atom is -0.449 e. The van der Waals surface area contributed by atoms with Gasteiger partial charge in [-0.15, -0.1) is 0 Å². The van der Waals surface area contributed by atoms with E-state index in [2.05, 4.69) is 5.32 Å². The summed E-state index contributed by atoms with van der Waals surface area (Å²) < 4.78 is 6.74. The highest BCUT2D eigenvalue weighted by molar-refractivity contribution is 6.39. The number of para-hydroxylation sites is 1. The summed E-state index contributed by atoms with van der Waals surface area (Å²) in [6, 6.07) is 14.5. The Hall–Kier alpha value is -2.99. The topological polar surface area (TPSA) is 63.6 Å². The number of carbonyl (C=O) groups is 2. The molecule has 1 N–H and O–H groups in total. The lowest BCUT2D eigenvalue weighted by Crippen LogP contribution is -2.26. The van der Waals surface area contributed by atoms with E-state index in [-0.39, 0.29) is 5.91 Å². The molecule has 6 nitrogen and oxygen atoms in total. The number of amides is 2. The molecule has 3 aromatic rings. The summed E-state index contributed by atoms with van der Waals surface area (Å²) in [5, 5.41) is 4.09. The van der Waals surface area contributed by atoms with Gasteiger partial charge in [-0.25, -0.2) is 4.79 Å². The Morgan fingerprint density at radius 2 is 1.81 bits per heavy atom.